The Kier molecular flexibility index (Phi) is 4.44. The molecule has 1 aromatic carbocycles. The molecule has 0 bridgehead atoms. The van der Waals surface area contributed by atoms with Crippen LogP contribution in [0, 0.1) is 53.0 Å². The summed E-state index contributed by atoms with van der Waals surface area (Å²) in [7, 11) is 0. The number of benzene rings is 1. The van der Waals surface area contributed by atoms with E-state index in [0.29, 0.717) is 48.3 Å². The predicted octanol–water partition coefficient (Wildman–Crippen LogP) is 2.16. The largest absolute Gasteiger partial charge is 0.503 e. The summed E-state index contributed by atoms with van der Waals surface area (Å²) < 4.78 is 42.3. The Balaban J connectivity index is 1.27. The molecule has 2 amide bonds. The highest BCUT2D eigenvalue weighted by atomic mass is 19.1. The molecule has 10 heteroatoms. The van der Waals surface area contributed by atoms with E-state index in [1.165, 1.54) is 10.8 Å². The lowest BCUT2D eigenvalue weighted by atomic mass is 9.88. The van der Waals surface area contributed by atoms with Crippen LogP contribution in [0.3, 0.4) is 0 Å². The Morgan fingerprint density at radius 2 is 1.82 bits per heavy atom. The molecule has 0 saturated heterocycles. The van der Waals surface area contributed by atoms with Crippen molar-refractivity contribution >= 4 is 11.8 Å². The van der Waals surface area contributed by atoms with Gasteiger partial charge in [-0.05, 0) is 41.9 Å². The molecule has 0 spiro atoms. The summed E-state index contributed by atoms with van der Waals surface area (Å²) in [5.74, 6) is -2.31. The maximum atomic E-state index is 13.9. The Morgan fingerprint density at radius 1 is 1.15 bits per heavy atom. The minimum atomic E-state index is -1.18. The number of hydrogen-bond donors (Lipinski definition) is 3. The number of hydrogen-bond acceptors (Lipinski definition) is 4. The summed E-state index contributed by atoms with van der Waals surface area (Å²) in [4.78, 5) is 38.1. The normalized spacial score (nSPS) is 32.4. The van der Waals surface area contributed by atoms with E-state index >= 15 is 0 Å². The van der Waals surface area contributed by atoms with Crippen LogP contribution >= 0.6 is 0 Å². The average molecular weight is 473 g/mol. The van der Waals surface area contributed by atoms with E-state index in [1.807, 2.05) is 0 Å². The number of aromatic nitrogens is 1. The molecule has 7 atom stereocenters. The van der Waals surface area contributed by atoms with Crippen LogP contribution in [-0.2, 0) is 13.1 Å². The molecule has 2 aromatic rings. The van der Waals surface area contributed by atoms with Crippen molar-refractivity contribution in [2.75, 3.05) is 0 Å². The topological polar surface area (TPSA) is 100 Å². The first-order chi connectivity index (χ1) is 16.2. The first kappa shape index (κ1) is 21.2. The fourth-order valence-electron chi connectivity index (χ4n) is 6.69. The van der Waals surface area contributed by atoms with Crippen LogP contribution in [0.25, 0.3) is 0 Å². The summed E-state index contributed by atoms with van der Waals surface area (Å²) in [6.07, 6.45) is 2.37. The van der Waals surface area contributed by atoms with E-state index < -0.39 is 58.1 Å². The number of rotatable bonds is 4. The monoisotopic (exact) mass is 473 g/mol. The van der Waals surface area contributed by atoms with Crippen molar-refractivity contribution in [3.63, 3.8) is 0 Å². The van der Waals surface area contributed by atoms with Crippen molar-refractivity contribution < 1.29 is 27.9 Å². The molecule has 178 valence electrons. The summed E-state index contributed by atoms with van der Waals surface area (Å²) >= 11 is 0. The van der Waals surface area contributed by atoms with E-state index in [-0.39, 0.29) is 11.7 Å². The Morgan fingerprint density at radius 3 is 2.50 bits per heavy atom. The Bertz CT molecular complexity index is 1300. The highest BCUT2D eigenvalue weighted by molar-refractivity contribution is 5.99. The second kappa shape index (κ2) is 7.10. The van der Waals surface area contributed by atoms with Crippen LogP contribution in [0.15, 0.2) is 23.1 Å². The van der Waals surface area contributed by atoms with Gasteiger partial charge < -0.3 is 20.3 Å². The molecule has 1 aromatic heterocycles. The molecule has 3 aliphatic carbocycles. The zero-order valence-electron chi connectivity index (χ0n) is 18.1. The van der Waals surface area contributed by atoms with Gasteiger partial charge in [-0.2, -0.15) is 0 Å². The average Bonchev–Trinajstić information content (AvgIpc) is 3.65. The molecule has 1 aliphatic heterocycles. The predicted molar refractivity (Wildman–Crippen MR) is 112 cm³/mol. The fraction of sp³-hybridized carbons (Fsp3) is 0.458. The molecule has 3 fully saturated rings. The van der Waals surface area contributed by atoms with Gasteiger partial charge in [-0.3, -0.25) is 14.4 Å². The number of halogens is 3. The lowest BCUT2D eigenvalue weighted by molar-refractivity contribution is 0.0850. The second-order valence-corrected chi connectivity index (χ2v) is 9.99. The highest BCUT2D eigenvalue weighted by Gasteiger charge is 2.72. The summed E-state index contributed by atoms with van der Waals surface area (Å²) in [5, 5.41) is 15.6. The van der Waals surface area contributed by atoms with Crippen LogP contribution in [0.1, 0.15) is 39.8 Å². The van der Waals surface area contributed by atoms with E-state index in [1.54, 1.807) is 0 Å². The number of carbonyl (C=O) groups excluding carboxylic acids is 2. The minimum absolute atomic E-state index is 0.171. The quantitative estimate of drug-likeness (QED) is 0.634. The van der Waals surface area contributed by atoms with Crippen LogP contribution in [0.4, 0.5) is 13.2 Å². The van der Waals surface area contributed by atoms with Crippen molar-refractivity contribution in [3.05, 3.63) is 62.8 Å². The Hall–Kier alpha value is -3.30. The van der Waals surface area contributed by atoms with Gasteiger partial charge in [0.25, 0.3) is 11.8 Å². The number of carbonyl (C=O) groups is 2. The first-order valence-corrected chi connectivity index (χ1v) is 11.4. The second-order valence-electron chi connectivity index (χ2n) is 9.99. The number of nitrogens with one attached hydrogen (secondary N) is 2. The number of pyridine rings is 1. The summed E-state index contributed by atoms with van der Waals surface area (Å²) in [6, 6.07) is 0.804. The van der Waals surface area contributed by atoms with E-state index in [4.69, 9.17) is 0 Å². The Labute approximate surface area is 192 Å². The molecule has 2 unspecified atom stereocenters. The van der Waals surface area contributed by atoms with Crippen LogP contribution in [0.5, 0.6) is 5.75 Å². The minimum Gasteiger partial charge on any atom is -0.503 e. The van der Waals surface area contributed by atoms with Gasteiger partial charge in [-0.25, -0.2) is 13.2 Å². The molecule has 7 nitrogen and oxygen atoms in total. The molecule has 6 rings (SSSR count). The number of aromatic hydroxyl groups is 1. The highest BCUT2D eigenvalue weighted by Crippen LogP contribution is 2.75. The van der Waals surface area contributed by atoms with Gasteiger partial charge in [0.2, 0.25) is 5.43 Å². The SMILES string of the molecule is C[C@H]1[C@H]2C([C@@H]3Cn4cc(C(=O)NCc5c(F)cc(F)cc5F)c(=O)c(O)c4C(=O)N3)[C@@H]3CC3[C@@H]12. The maximum Gasteiger partial charge on any atom is 0.272 e. The van der Waals surface area contributed by atoms with Gasteiger partial charge >= 0.3 is 0 Å². The van der Waals surface area contributed by atoms with E-state index in [2.05, 4.69) is 17.6 Å². The molecule has 0 radical (unpaired) electrons. The molecule has 2 heterocycles. The van der Waals surface area contributed by atoms with Crippen LogP contribution in [0.2, 0.25) is 0 Å². The van der Waals surface area contributed by atoms with Crippen molar-refractivity contribution in [1.29, 1.82) is 0 Å². The van der Waals surface area contributed by atoms with Crippen molar-refractivity contribution in [1.82, 2.24) is 15.2 Å². The zero-order valence-corrected chi connectivity index (χ0v) is 18.1. The van der Waals surface area contributed by atoms with Gasteiger partial charge in [0, 0.05) is 37.0 Å². The number of fused-ring (bicyclic) bond motifs is 4. The standard InChI is InChI=1S/C24H22F3N3O4/c1-8-17-10-4-11(10)19(18(8)17)16-7-30-6-13(21(31)22(32)20(30)24(34)29-16)23(33)28-5-12-14(26)2-9(25)3-15(12)27/h2-3,6,8,10-11,16-19,32H,4-5,7H2,1H3,(H,28,33)(H,29,34)/t8-,10?,11-,16+,17-,18-,19?/m1/s1. The molecule has 3 saturated carbocycles. The van der Waals surface area contributed by atoms with Crippen LogP contribution < -0.4 is 16.1 Å². The van der Waals surface area contributed by atoms with Crippen LogP contribution in [-0.4, -0.2) is 27.5 Å². The third-order valence-electron chi connectivity index (χ3n) is 8.26. The lowest BCUT2D eigenvalue weighted by Crippen LogP contribution is -2.50. The smallest absolute Gasteiger partial charge is 0.272 e. The summed E-state index contributed by atoms with van der Waals surface area (Å²) in [5.41, 5.74) is -2.29. The molecular weight excluding hydrogens is 451 g/mol. The molecular formula is C24H22F3N3O4. The van der Waals surface area contributed by atoms with Gasteiger partial charge in [0.15, 0.2) is 11.4 Å². The fourth-order valence-corrected chi connectivity index (χ4v) is 6.69. The van der Waals surface area contributed by atoms with Crippen molar-refractivity contribution in [2.45, 2.75) is 32.5 Å². The number of amides is 2. The maximum absolute atomic E-state index is 13.9. The van der Waals surface area contributed by atoms with E-state index in [0.717, 1.165) is 12.3 Å². The third-order valence-corrected chi connectivity index (χ3v) is 8.26. The van der Waals surface area contributed by atoms with Gasteiger partial charge in [-0.15, -0.1) is 0 Å². The lowest BCUT2D eigenvalue weighted by Gasteiger charge is -2.34. The number of nitrogens with zero attached hydrogens (tertiary/aromatic N) is 1. The molecule has 4 aliphatic rings. The zero-order chi connectivity index (χ0) is 24.0. The van der Waals surface area contributed by atoms with Crippen molar-refractivity contribution in [3.8, 4) is 5.75 Å². The van der Waals surface area contributed by atoms with Gasteiger partial charge in [-0.1, -0.05) is 6.92 Å². The molecule has 3 N–H and O–H groups in total. The first-order valence-electron chi connectivity index (χ1n) is 11.4. The van der Waals surface area contributed by atoms with Gasteiger partial charge in [0.1, 0.15) is 23.0 Å². The van der Waals surface area contributed by atoms with Gasteiger partial charge in [0.05, 0.1) is 6.04 Å². The summed E-state index contributed by atoms with van der Waals surface area (Å²) in [6.45, 7) is 1.90. The molecule has 34 heavy (non-hydrogen) atoms. The van der Waals surface area contributed by atoms with Crippen molar-refractivity contribution in [2.24, 2.45) is 35.5 Å². The third kappa shape index (κ3) is 3.00. The van der Waals surface area contributed by atoms with E-state index in [9.17, 15) is 32.7 Å².